The zero-order valence-corrected chi connectivity index (χ0v) is 14.5. The fourth-order valence-electron chi connectivity index (χ4n) is 2.81. The minimum Gasteiger partial charge on any atom is -0.340 e. The minimum atomic E-state index is -5.03. The Labute approximate surface area is 144 Å². The second-order valence-corrected chi connectivity index (χ2v) is 7.94. The van der Waals surface area contributed by atoms with Crippen LogP contribution < -0.4 is 5.32 Å². The molecule has 25 heavy (non-hydrogen) atoms. The lowest BCUT2D eigenvalue weighted by atomic mass is 9.82. The van der Waals surface area contributed by atoms with Crippen molar-refractivity contribution in [3.05, 3.63) is 29.8 Å². The summed E-state index contributed by atoms with van der Waals surface area (Å²) in [6.07, 6.45) is -2.57. The van der Waals surface area contributed by atoms with E-state index >= 15 is 0 Å². The predicted molar refractivity (Wildman–Crippen MR) is 84.3 cm³/mol. The first-order chi connectivity index (χ1) is 11.5. The van der Waals surface area contributed by atoms with Crippen LogP contribution in [-0.4, -0.2) is 32.6 Å². The molecule has 0 radical (unpaired) electrons. The fourth-order valence-corrected chi connectivity index (χ4v) is 3.80. The Balaban J connectivity index is 2.14. The van der Waals surface area contributed by atoms with Crippen LogP contribution in [0, 0.1) is 6.92 Å². The summed E-state index contributed by atoms with van der Waals surface area (Å²) in [6.45, 7) is 1.27. The normalized spacial score (nSPS) is 17.9. The highest BCUT2D eigenvalue weighted by molar-refractivity contribution is 7.86. The highest BCUT2D eigenvalue weighted by Crippen LogP contribution is 2.31. The fraction of sp³-hybridized carbons (Fsp3) is 0.562. The molecule has 0 unspecified atom stereocenters. The molecule has 140 valence electrons. The standard InChI is InChI=1S/C16H20F3NO4S/c1-12-5-7-13(8-6-12)25(22,23)24-11-15(9-3-2-4-10-15)20-14(21)16(17,18)19/h5-8H,2-4,9-11H2,1H3,(H,20,21). The Hall–Kier alpha value is -1.61. The number of hydrogen-bond donors (Lipinski definition) is 1. The smallest absolute Gasteiger partial charge is 0.340 e. The molecule has 0 heterocycles. The van der Waals surface area contributed by atoms with Gasteiger partial charge in [0.1, 0.15) is 0 Å². The molecule has 0 spiro atoms. The van der Waals surface area contributed by atoms with Gasteiger partial charge in [-0.1, -0.05) is 37.0 Å². The minimum absolute atomic E-state index is 0.0776. The Morgan fingerprint density at radius 2 is 1.72 bits per heavy atom. The van der Waals surface area contributed by atoms with Crippen LogP contribution in [0.5, 0.6) is 0 Å². The third-order valence-electron chi connectivity index (χ3n) is 4.25. The van der Waals surface area contributed by atoms with Crippen LogP contribution in [0.1, 0.15) is 37.7 Å². The Bertz CT molecular complexity index is 708. The van der Waals surface area contributed by atoms with Crippen molar-refractivity contribution in [1.29, 1.82) is 0 Å². The molecule has 1 aliphatic rings. The summed E-state index contributed by atoms with van der Waals surface area (Å²) >= 11 is 0. The van der Waals surface area contributed by atoms with Gasteiger partial charge in [0.05, 0.1) is 17.0 Å². The third-order valence-corrected chi connectivity index (χ3v) is 5.52. The monoisotopic (exact) mass is 379 g/mol. The zero-order chi connectivity index (χ0) is 18.7. The molecule has 0 bridgehead atoms. The van der Waals surface area contributed by atoms with Gasteiger partial charge in [-0.05, 0) is 31.9 Å². The number of nitrogens with one attached hydrogen (secondary N) is 1. The number of carbonyl (C=O) groups excluding carboxylic acids is 1. The molecule has 5 nitrogen and oxygen atoms in total. The van der Waals surface area contributed by atoms with E-state index in [4.69, 9.17) is 4.18 Å². The van der Waals surface area contributed by atoms with Gasteiger partial charge in [-0.25, -0.2) is 0 Å². The largest absolute Gasteiger partial charge is 0.471 e. The number of amides is 1. The van der Waals surface area contributed by atoms with Gasteiger partial charge in [-0.2, -0.15) is 21.6 Å². The average molecular weight is 379 g/mol. The predicted octanol–water partition coefficient (Wildman–Crippen LogP) is 3.08. The Morgan fingerprint density at radius 3 is 2.24 bits per heavy atom. The van der Waals surface area contributed by atoms with Crippen molar-refractivity contribution in [3.63, 3.8) is 0 Å². The van der Waals surface area contributed by atoms with E-state index in [0.717, 1.165) is 12.0 Å². The van der Waals surface area contributed by atoms with Crippen molar-refractivity contribution >= 4 is 16.0 Å². The van der Waals surface area contributed by atoms with E-state index < -0.39 is 34.3 Å². The van der Waals surface area contributed by atoms with Crippen molar-refractivity contribution < 1.29 is 30.6 Å². The topological polar surface area (TPSA) is 72.5 Å². The first-order valence-corrected chi connectivity index (χ1v) is 9.30. The van der Waals surface area contributed by atoms with Gasteiger partial charge < -0.3 is 5.32 Å². The van der Waals surface area contributed by atoms with E-state index in [1.165, 1.54) is 12.1 Å². The van der Waals surface area contributed by atoms with Gasteiger partial charge in [-0.15, -0.1) is 0 Å². The molecule has 1 aromatic rings. The van der Waals surface area contributed by atoms with Gasteiger partial charge in [-0.3, -0.25) is 8.98 Å². The van der Waals surface area contributed by atoms with Crippen molar-refractivity contribution in [2.45, 2.75) is 55.6 Å². The summed E-state index contributed by atoms with van der Waals surface area (Å²) < 4.78 is 67.2. The summed E-state index contributed by atoms with van der Waals surface area (Å²) in [5.74, 6) is -2.08. The molecule has 0 atom stereocenters. The molecule has 0 aliphatic heterocycles. The lowest BCUT2D eigenvalue weighted by molar-refractivity contribution is -0.176. The summed E-state index contributed by atoms with van der Waals surface area (Å²) in [7, 11) is -4.12. The molecule has 1 saturated carbocycles. The summed E-state index contributed by atoms with van der Waals surface area (Å²) in [6, 6.07) is 5.93. The van der Waals surface area contributed by atoms with Crippen molar-refractivity contribution in [2.24, 2.45) is 0 Å². The second kappa shape index (κ2) is 7.33. The number of hydrogen-bond acceptors (Lipinski definition) is 4. The van der Waals surface area contributed by atoms with Crippen LogP contribution in [-0.2, 0) is 19.1 Å². The first-order valence-electron chi connectivity index (χ1n) is 7.90. The van der Waals surface area contributed by atoms with Crippen LogP contribution >= 0.6 is 0 Å². The van der Waals surface area contributed by atoms with E-state index in [1.54, 1.807) is 19.1 Å². The molecule has 0 saturated heterocycles. The van der Waals surface area contributed by atoms with Crippen LogP contribution in [0.3, 0.4) is 0 Å². The molecule has 1 aliphatic carbocycles. The highest BCUT2D eigenvalue weighted by Gasteiger charge is 2.45. The van der Waals surface area contributed by atoms with Crippen LogP contribution in [0.15, 0.2) is 29.2 Å². The molecular weight excluding hydrogens is 359 g/mol. The zero-order valence-electron chi connectivity index (χ0n) is 13.7. The van der Waals surface area contributed by atoms with E-state index in [1.807, 2.05) is 5.32 Å². The number of alkyl halides is 3. The molecule has 1 fully saturated rings. The lowest BCUT2D eigenvalue weighted by Crippen LogP contribution is -2.56. The van der Waals surface area contributed by atoms with E-state index in [0.29, 0.717) is 12.8 Å². The van der Waals surface area contributed by atoms with Gasteiger partial charge in [0.15, 0.2) is 0 Å². The van der Waals surface area contributed by atoms with Crippen molar-refractivity contribution in [3.8, 4) is 0 Å². The van der Waals surface area contributed by atoms with Gasteiger partial charge >= 0.3 is 12.1 Å². The highest BCUT2D eigenvalue weighted by atomic mass is 32.2. The number of halogens is 3. The van der Waals surface area contributed by atoms with Gasteiger partial charge in [0.2, 0.25) is 0 Å². The summed E-state index contributed by atoms with van der Waals surface area (Å²) in [5, 5.41) is 1.95. The van der Waals surface area contributed by atoms with Crippen molar-refractivity contribution in [1.82, 2.24) is 5.32 Å². The molecule has 9 heteroatoms. The molecule has 0 aromatic heterocycles. The maximum Gasteiger partial charge on any atom is 0.471 e. The quantitative estimate of drug-likeness (QED) is 0.798. The summed E-state index contributed by atoms with van der Waals surface area (Å²) in [5.41, 5.74) is -0.469. The SMILES string of the molecule is Cc1ccc(S(=O)(=O)OCC2(NC(=O)C(F)(F)F)CCCCC2)cc1. The molecule has 1 amide bonds. The van der Waals surface area contributed by atoms with Crippen LogP contribution in [0.2, 0.25) is 0 Å². The first kappa shape index (κ1) is 19.7. The van der Waals surface area contributed by atoms with Crippen molar-refractivity contribution in [2.75, 3.05) is 6.61 Å². The number of benzene rings is 1. The third kappa shape index (κ3) is 5.18. The lowest BCUT2D eigenvalue weighted by Gasteiger charge is -2.37. The number of rotatable bonds is 5. The number of carbonyl (C=O) groups is 1. The van der Waals surface area contributed by atoms with E-state index in [-0.39, 0.29) is 17.7 Å². The average Bonchev–Trinajstić information content (AvgIpc) is 2.54. The molecule has 2 rings (SSSR count). The van der Waals surface area contributed by atoms with Crippen LogP contribution in [0.4, 0.5) is 13.2 Å². The molecular formula is C16H20F3NO4S. The van der Waals surface area contributed by atoms with Crippen LogP contribution in [0.25, 0.3) is 0 Å². The number of aryl methyl sites for hydroxylation is 1. The molecule has 1 N–H and O–H groups in total. The van der Waals surface area contributed by atoms with Gasteiger partial charge in [0.25, 0.3) is 10.1 Å². The maximum atomic E-state index is 12.6. The Morgan fingerprint density at radius 1 is 1.16 bits per heavy atom. The summed E-state index contributed by atoms with van der Waals surface area (Å²) in [4.78, 5) is 11.3. The molecule has 1 aromatic carbocycles. The van der Waals surface area contributed by atoms with E-state index in [2.05, 4.69) is 0 Å². The van der Waals surface area contributed by atoms with Gasteiger partial charge in [0, 0.05) is 0 Å². The van der Waals surface area contributed by atoms with E-state index in [9.17, 15) is 26.4 Å². The maximum absolute atomic E-state index is 12.6. The Kier molecular flexibility index (Phi) is 5.78. The second-order valence-electron chi connectivity index (χ2n) is 6.32.